The summed E-state index contributed by atoms with van der Waals surface area (Å²) in [6.45, 7) is 6.29. The van der Waals surface area contributed by atoms with Gasteiger partial charge in [0.1, 0.15) is 11.6 Å². The molecule has 0 aliphatic carbocycles. The van der Waals surface area contributed by atoms with E-state index in [1.807, 2.05) is 0 Å². The normalized spacial score (nSPS) is 15.4. The summed E-state index contributed by atoms with van der Waals surface area (Å²) in [5.74, 6) is 1.65. The molecule has 2 aromatic rings. The number of hydrogen-bond acceptors (Lipinski definition) is 7. The number of nitrogens with one attached hydrogen (secondary N) is 1. The number of likely N-dealkylation sites (N-methyl/N-ethyl adjacent to an activating group) is 1. The largest absolute Gasteiger partial charge is 0.494 e. The molecule has 7 heteroatoms. The second-order valence-corrected chi connectivity index (χ2v) is 6.06. The number of nitrogen functional groups attached to an aromatic ring is 1. The molecule has 2 heterocycles. The summed E-state index contributed by atoms with van der Waals surface area (Å²) in [5, 5.41) is 3.19. The minimum atomic E-state index is 0.428. The van der Waals surface area contributed by atoms with Crippen molar-refractivity contribution < 1.29 is 4.74 Å². The highest BCUT2D eigenvalue weighted by Crippen LogP contribution is 2.34. The minimum absolute atomic E-state index is 0.428. The molecule has 1 aliphatic heterocycles. The molecule has 3 N–H and O–H groups in total. The van der Waals surface area contributed by atoms with Gasteiger partial charge in [-0.1, -0.05) is 0 Å². The Morgan fingerprint density at radius 1 is 1.21 bits per heavy atom. The fraction of sp³-hybridized carbons (Fsp3) is 0.412. The van der Waals surface area contributed by atoms with Crippen LogP contribution >= 0.6 is 0 Å². The Morgan fingerprint density at radius 2 is 1.96 bits per heavy atom. The van der Waals surface area contributed by atoms with Crippen molar-refractivity contribution >= 4 is 23.1 Å². The molecular weight excluding hydrogens is 304 g/mol. The molecular formula is C17H24N6O. The summed E-state index contributed by atoms with van der Waals surface area (Å²) in [6, 6.07) is 5.80. The van der Waals surface area contributed by atoms with Gasteiger partial charge in [0.05, 0.1) is 12.8 Å². The van der Waals surface area contributed by atoms with Gasteiger partial charge < -0.3 is 25.6 Å². The number of benzene rings is 1. The Labute approximate surface area is 142 Å². The van der Waals surface area contributed by atoms with Gasteiger partial charge in [0.25, 0.3) is 0 Å². The van der Waals surface area contributed by atoms with Crippen LogP contribution in [0.2, 0.25) is 0 Å². The number of nitrogens with zero attached hydrogens (tertiary/aromatic N) is 4. The van der Waals surface area contributed by atoms with Gasteiger partial charge in [0, 0.05) is 44.1 Å². The van der Waals surface area contributed by atoms with E-state index in [9.17, 15) is 0 Å². The van der Waals surface area contributed by atoms with Crippen LogP contribution in [0.5, 0.6) is 5.75 Å². The van der Waals surface area contributed by atoms with E-state index in [2.05, 4.69) is 51.2 Å². The maximum absolute atomic E-state index is 5.71. The van der Waals surface area contributed by atoms with Gasteiger partial charge in [-0.2, -0.15) is 4.98 Å². The van der Waals surface area contributed by atoms with Crippen molar-refractivity contribution in [3.8, 4) is 5.75 Å². The topological polar surface area (TPSA) is 79.5 Å². The second kappa shape index (κ2) is 6.92. The van der Waals surface area contributed by atoms with Gasteiger partial charge >= 0.3 is 0 Å². The molecule has 1 saturated heterocycles. The van der Waals surface area contributed by atoms with Crippen molar-refractivity contribution in [2.24, 2.45) is 0 Å². The Morgan fingerprint density at radius 3 is 2.62 bits per heavy atom. The lowest BCUT2D eigenvalue weighted by Gasteiger charge is -2.35. The molecule has 1 fully saturated rings. The number of hydrogen-bond donors (Lipinski definition) is 2. The third-order valence-corrected chi connectivity index (χ3v) is 4.29. The molecule has 128 valence electrons. The smallest absolute Gasteiger partial charge is 0.229 e. The summed E-state index contributed by atoms with van der Waals surface area (Å²) in [5.41, 5.74) is 8.94. The summed E-state index contributed by atoms with van der Waals surface area (Å²) >= 11 is 0. The predicted octanol–water partition coefficient (Wildman–Crippen LogP) is 1.87. The highest BCUT2D eigenvalue weighted by molar-refractivity contribution is 5.71. The maximum Gasteiger partial charge on any atom is 0.229 e. The number of nitrogens with two attached hydrogens (primary N) is 1. The zero-order chi connectivity index (χ0) is 17.1. The minimum Gasteiger partial charge on any atom is -0.494 e. The molecule has 0 bridgehead atoms. The molecule has 0 amide bonds. The van der Waals surface area contributed by atoms with Gasteiger partial charge in [-0.05, 0) is 31.7 Å². The first kappa shape index (κ1) is 16.3. The van der Waals surface area contributed by atoms with Crippen LogP contribution in [0, 0.1) is 6.92 Å². The van der Waals surface area contributed by atoms with Gasteiger partial charge in [0.15, 0.2) is 0 Å². The Bertz CT molecular complexity index is 712. The van der Waals surface area contributed by atoms with E-state index in [0.29, 0.717) is 11.8 Å². The average molecular weight is 328 g/mol. The molecule has 24 heavy (non-hydrogen) atoms. The van der Waals surface area contributed by atoms with E-state index in [1.165, 1.54) is 11.3 Å². The molecule has 0 atom stereocenters. The van der Waals surface area contributed by atoms with Crippen LogP contribution in [0.25, 0.3) is 0 Å². The molecule has 1 aromatic carbocycles. The van der Waals surface area contributed by atoms with Gasteiger partial charge in [-0.25, -0.2) is 4.98 Å². The SMILES string of the molecule is COc1cc(N2CCN(C)CC2)c(C)cc1Nc1nccc(N)n1. The van der Waals surface area contributed by atoms with Crippen LogP contribution in [-0.2, 0) is 0 Å². The van der Waals surface area contributed by atoms with E-state index in [0.717, 1.165) is 37.6 Å². The summed E-state index contributed by atoms with van der Waals surface area (Å²) < 4.78 is 5.57. The van der Waals surface area contributed by atoms with Crippen LogP contribution in [0.15, 0.2) is 24.4 Å². The fourth-order valence-electron chi connectivity index (χ4n) is 2.89. The Hall–Kier alpha value is -2.54. The lowest BCUT2D eigenvalue weighted by atomic mass is 10.1. The lowest BCUT2D eigenvalue weighted by molar-refractivity contribution is 0.312. The number of methoxy groups -OCH3 is 1. The summed E-state index contributed by atoms with van der Waals surface area (Å²) in [7, 11) is 3.83. The monoisotopic (exact) mass is 328 g/mol. The van der Waals surface area contributed by atoms with E-state index >= 15 is 0 Å². The third kappa shape index (κ3) is 3.51. The fourth-order valence-corrected chi connectivity index (χ4v) is 2.89. The first-order chi connectivity index (χ1) is 11.6. The van der Waals surface area contributed by atoms with E-state index in [4.69, 9.17) is 10.5 Å². The summed E-state index contributed by atoms with van der Waals surface area (Å²) in [4.78, 5) is 13.1. The number of ether oxygens (including phenoxy) is 1. The molecule has 0 unspecified atom stereocenters. The second-order valence-electron chi connectivity index (χ2n) is 6.06. The van der Waals surface area contributed by atoms with Crippen LogP contribution in [0.4, 0.5) is 23.1 Å². The molecule has 0 radical (unpaired) electrons. The number of aryl methyl sites for hydroxylation is 1. The Balaban J connectivity index is 1.87. The molecule has 3 rings (SSSR count). The zero-order valence-corrected chi connectivity index (χ0v) is 14.4. The van der Waals surface area contributed by atoms with Crippen molar-refractivity contribution in [1.29, 1.82) is 0 Å². The first-order valence-corrected chi connectivity index (χ1v) is 8.04. The number of anilines is 4. The summed E-state index contributed by atoms with van der Waals surface area (Å²) in [6.07, 6.45) is 1.63. The standard InChI is InChI=1S/C17H24N6O/c1-12-10-13(20-17-19-5-4-16(18)21-17)15(24-3)11-14(12)23-8-6-22(2)7-9-23/h4-5,10-11H,6-9H2,1-3H3,(H3,18,19,20,21). The lowest BCUT2D eigenvalue weighted by Crippen LogP contribution is -2.44. The van der Waals surface area contributed by atoms with Crippen molar-refractivity contribution in [3.05, 3.63) is 30.0 Å². The molecule has 1 aliphatic rings. The highest BCUT2D eigenvalue weighted by Gasteiger charge is 2.18. The Kier molecular flexibility index (Phi) is 4.71. The van der Waals surface area contributed by atoms with Crippen molar-refractivity contribution in [2.75, 3.05) is 56.3 Å². The van der Waals surface area contributed by atoms with Crippen LogP contribution in [0.1, 0.15) is 5.56 Å². The van der Waals surface area contributed by atoms with Crippen molar-refractivity contribution in [2.45, 2.75) is 6.92 Å². The first-order valence-electron chi connectivity index (χ1n) is 8.04. The van der Waals surface area contributed by atoms with Crippen LogP contribution in [-0.4, -0.2) is 55.2 Å². The van der Waals surface area contributed by atoms with Crippen molar-refractivity contribution in [3.63, 3.8) is 0 Å². The van der Waals surface area contributed by atoms with Gasteiger partial charge in [0.2, 0.25) is 5.95 Å². The van der Waals surface area contributed by atoms with Crippen molar-refractivity contribution in [1.82, 2.24) is 14.9 Å². The molecule has 0 saturated carbocycles. The zero-order valence-electron chi connectivity index (χ0n) is 14.4. The van der Waals surface area contributed by atoms with Gasteiger partial charge in [-0.15, -0.1) is 0 Å². The van der Waals surface area contributed by atoms with Crippen LogP contribution in [0.3, 0.4) is 0 Å². The predicted molar refractivity (Wildman–Crippen MR) is 97.2 cm³/mol. The maximum atomic E-state index is 5.71. The molecule has 7 nitrogen and oxygen atoms in total. The number of rotatable bonds is 4. The van der Waals surface area contributed by atoms with E-state index in [-0.39, 0.29) is 0 Å². The average Bonchev–Trinajstić information content (AvgIpc) is 2.56. The molecule has 1 aromatic heterocycles. The van der Waals surface area contributed by atoms with Gasteiger partial charge in [-0.3, -0.25) is 0 Å². The van der Waals surface area contributed by atoms with E-state index in [1.54, 1.807) is 19.4 Å². The quantitative estimate of drug-likeness (QED) is 0.887. The third-order valence-electron chi connectivity index (χ3n) is 4.29. The molecule has 0 spiro atoms. The number of piperazine rings is 1. The highest BCUT2D eigenvalue weighted by atomic mass is 16.5. The number of aromatic nitrogens is 2. The van der Waals surface area contributed by atoms with E-state index < -0.39 is 0 Å². The van der Waals surface area contributed by atoms with Crippen LogP contribution < -0.4 is 20.7 Å².